The lowest BCUT2D eigenvalue weighted by molar-refractivity contribution is 0.565. The van der Waals surface area contributed by atoms with Crippen LogP contribution in [0.5, 0.6) is 0 Å². The number of nitrogens with zero attached hydrogens (tertiary/aromatic N) is 2. The van der Waals surface area contributed by atoms with Crippen molar-refractivity contribution in [2.75, 3.05) is 0 Å². The van der Waals surface area contributed by atoms with Gasteiger partial charge in [0.15, 0.2) is 0 Å². The average Bonchev–Trinajstić information content (AvgIpc) is 2.28. The highest BCUT2D eigenvalue weighted by Gasteiger charge is 2.07. The van der Waals surface area contributed by atoms with E-state index < -0.39 is 0 Å². The summed E-state index contributed by atoms with van der Waals surface area (Å²) in [7, 11) is 0. The molecule has 2 N–H and O–H groups in total. The van der Waals surface area contributed by atoms with Crippen molar-refractivity contribution in [2.24, 2.45) is 10.9 Å². The molecule has 3 nitrogen and oxygen atoms in total. The molecule has 0 saturated carbocycles. The lowest BCUT2D eigenvalue weighted by Crippen LogP contribution is -2.19. The first-order valence-corrected chi connectivity index (χ1v) is 4.82. The van der Waals surface area contributed by atoms with Crippen LogP contribution in [0.2, 0.25) is 0 Å². The summed E-state index contributed by atoms with van der Waals surface area (Å²) in [6.07, 6.45) is 0. The molecule has 0 aliphatic heterocycles. The summed E-state index contributed by atoms with van der Waals surface area (Å²) >= 11 is 1.64. The monoisotopic (exact) mass is 185 g/mol. The molecule has 0 aliphatic rings. The molecule has 12 heavy (non-hydrogen) atoms. The molecule has 1 rings (SSSR count). The number of aryl methyl sites for hydroxylation is 1. The fourth-order valence-electron chi connectivity index (χ4n) is 1.27. The first-order chi connectivity index (χ1) is 5.57. The van der Waals surface area contributed by atoms with E-state index in [1.165, 1.54) is 10.6 Å². The Morgan fingerprint density at radius 2 is 2.00 bits per heavy atom. The van der Waals surface area contributed by atoms with Crippen LogP contribution in [0.4, 0.5) is 0 Å². The Kier molecular flexibility index (Phi) is 2.57. The zero-order valence-corrected chi connectivity index (χ0v) is 8.77. The molecule has 1 aromatic rings. The third kappa shape index (κ3) is 1.39. The molecule has 0 radical (unpaired) electrons. The molecule has 0 fully saturated rings. The summed E-state index contributed by atoms with van der Waals surface area (Å²) < 4.78 is 2.15. The second-order valence-corrected chi connectivity index (χ2v) is 4.30. The van der Waals surface area contributed by atoms with E-state index in [2.05, 4.69) is 37.4 Å². The molecule has 0 amide bonds. The van der Waals surface area contributed by atoms with Crippen molar-refractivity contribution < 1.29 is 0 Å². The molecular formula is C8H15N3S. The van der Waals surface area contributed by atoms with Crippen LogP contribution in [0.15, 0.2) is 5.10 Å². The molecule has 0 aromatic carbocycles. The van der Waals surface area contributed by atoms with E-state index >= 15 is 0 Å². The lowest BCUT2D eigenvalue weighted by atomic mass is 10.3. The summed E-state index contributed by atoms with van der Waals surface area (Å²) in [6, 6.07) is 0.428. The molecule has 68 valence electrons. The van der Waals surface area contributed by atoms with Gasteiger partial charge in [0.05, 0.1) is 0 Å². The zero-order valence-electron chi connectivity index (χ0n) is 7.96. The van der Waals surface area contributed by atoms with Crippen LogP contribution in [0.25, 0.3) is 0 Å². The highest BCUT2D eigenvalue weighted by Crippen LogP contribution is 2.13. The van der Waals surface area contributed by atoms with Gasteiger partial charge in [0, 0.05) is 16.6 Å². The molecule has 0 atom stereocenters. The summed E-state index contributed by atoms with van der Waals surface area (Å²) in [5, 5.41) is 3.75. The molecule has 0 bridgehead atoms. The van der Waals surface area contributed by atoms with Crippen LogP contribution < -0.4 is 10.6 Å². The maximum Gasteiger partial charge on any atom is 0.208 e. The Morgan fingerprint density at radius 3 is 2.33 bits per heavy atom. The van der Waals surface area contributed by atoms with E-state index in [0.29, 0.717) is 6.04 Å². The Balaban J connectivity index is 3.42. The van der Waals surface area contributed by atoms with Gasteiger partial charge in [-0.25, -0.2) is 0 Å². The van der Waals surface area contributed by atoms with Crippen LogP contribution >= 0.6 is 11.3 Å². The highest BCUT2D eigenvalue weighted by atomic mass is 32.1. The van der Waals surface area contributed by atoms with E-state index in [9.17, 15) is 0 Å². The summed E-state index contributed by atoms with van der Waals surface area (Å²) in [5.41, 5.74) is 1.26. The quantitative estimate of drug-likeness (QED) is 0.523. The number of thiazole rings is 1. The predicted molar refractivity (Wildman–Crippen MR) is 51.9 cm³/mol. The second kappa shape index (κ2) is 3.31. The first-order valence-electron chi connectivity index (χ1n) is 4.00. The van der Waals surface area contributed by atoms with Gasteiger partial charge in [0.1, 0.15) is 0 Å². The third-order valence-corrected chi connectivity index (χ3v) is 3.03. The molecule has 1 aromatic heterocycles. The Labute approximate surface area is 76.5 Å². The standard InChI is InChI=1S/C8H15N3S/c1-5(2)11-6(3)7(4)12-8(11)10-9/h5H,9H2,1-4H3/b10-8-. The normalized spacial score (nSPS) is 12.9. The van der Waals surface area contributed by atoms with Crippen LogP contribution in [0.3, 0.4) is 0 Å². The van der Waals surface area contributed by atoms with Gasteiger partial charge in [0.2, 0.25) is 4.80 Å². The maximum atomic E-state index is 5.29. The molecule has 0 aliphatic carbocycles. The third-order valence-electron chi connectivity index (χ3n) is 1.95. The number of hydrogen-bond acceptors (Lipinski definition) is 3. The van der Waals surface area contributed by atoms with Crippen molar-refractivity contribution >= 4 is 11.3 Å². The number of aromatic nitrogens is 1. The van der Waals surface area contributed by atoms with Crippen LogP contribution in [0.1, 0.15) is 30.5 Å². The fraction of sp³-hybridized carbons (Fsp3) is 0.625. The van der Waals surface area contributed by atoms with Gasteiger partial charge >= 0.3 is 0 Å². The Bertz CT molecular complexity index is 333. The summed E-state index contributed by atoms with van der Waals surface area (Å²) in [4.78, 5) is 2.19. The van der Waals surface area contributed by atoms with E-state index in [1.54, 1.807) is 11.3 Å². The van der Waals surface area contributed by atoms with E-state index in [4.69, 9.17) is 5.84 Å². The van der Waals surface area contributed by atoms with Gasteiger partial charge in [-0.2, -0.15) is 5.10 Å². The minimum Gasteiger partial charge on any atom is -0.320 e. The summed E-state index contributed by atoms with van der Waals surface area (Å²) in [6.45, 7) is 8.45. The zero-order chi connectivity index (χ0) is 9.30. The van der Waals surface area contributed by atoms with Gasteiger partial charge in [-0.1, -0.05) is 0 Å². The van der Waals surface area contributed by atoms with Crippen molar-refractivity contribution in [1.29, 1.82) is 0 Å². The molecule has 0 unspecified atom stereocenters. The number of nitrogens with two attached hydrogens (primary N) is 1. The van der Waals surface area contributed by atoms with Crippen LogP contribution in [-0.4, -0.2) is 4.57 Å². The lowest BCUT2D eigenvalue weighted by Gasteiger charge is -2.09. The van der Waals surface area contributed by atoms with Crippen LogP contribution in [-0.2, 0) is 0 Å². The SMILES string of the molecule is Cc1s/c(=N\N)n(C(C)C)c1C. The van der Waals surface area contributed by atoms with Gasteiger partial charge in [0.25, 0.3) is 0 Å². The van der Waals surface area contributed by atoms with Crippen molar-refractivity contribution in [1.82, 2.24) is 4.57 Å². The van der Waals surface area contributed by atoms with Crippen molar-refractivity contribution in [3.63, 3.8) is 0 Å². The minimum atomic E-state index is 0.428. The Morgan fingerprint density at radius 1 is 1.42 bits per heavy atom. The van der Waals surface area contributed by atoms with Crippen molar-refractivity contribution in [3.05, 3.63) is 15.4 Å². The van der Waals surface area contributed by atoms with Crippen LogP contribution in [0, 0.1) is 13.8 Å². The molecule has 0 spiro atoms. The highest BCUT2D eigenvalue weighted by molar-refractivity contribution is 7.09. The smallest absolute Gasteiger partial charge is 0.208 e. The Hall–Kier alpha value is -0.770. The topological polar surface area (TPSA) is 43.3 Å². The van der Waals surface area contributed by atoms with Gasteiger partial charge in [-0.3, -0.25) is 0 Å². The predicted octanol–water partition coefficient (Wildman–Crippen LogP) is 1.52. The first kappa shape index (κ1) is 9.32. The van der Waals surface area contributed by atoms with E-state index in [-0.39, 0.29) is 0 Å². The molecule has 0 saturated heterocycles. The molecule has 4 heteroatoms. The van der Waals surface area contributed by atoms with E-state index in [1.807, 2.05) is 0 Å². The minimum absolute atomic E-state index is 0.428. The number of rotatable bonds is 1. The maximum absolute atomic E-state index is 5.29. The van der Waals surface area contributed by atoms with Gasteiger partial charge < -0.3 is 10.4 Å². The average molecular weight is 185 g/mol. The molecular weight excluding hydrogens is 170 g/mol. The molecule has 1 heterocycles. The second-order valence-electron chi connectivity index (χ2n) is 3.12. The fourth-order valence-corrected chi connectivity index (χ4v) is 2.29. The van der Waals surface area contributed by atoms with Crippen molar-refractivity contribution in [2.45, 2.75) is 33.7 Å². The van der Waals surface area contributed by atoms with Crippen molar-refractivity contribution in [3.8, 4) is 0 Å². The largest absolute Gasteiger partial charge is 0.320 e. The number of hydrogen-bond donors (Lipinski definition) is 1. The van der Waals surface area contributed by atoms with E-state index in [0.717, 1.165) is 4.80 Å². The van der Waals surface area contributed by atoms with Gasteiger partial charge in [-0.05, 0) is 27.7 Å². The van der Waals surface area contributed by atoms with Gasteiger partial charge in [-0.15, -0.1) is 11.3 Å². The summed E-state index contributed by atoms with van der Waals surface area (Å²) in [5.74, 6) is 5.29.